The summed E-state index contributed by atoms with van der Waals surface area (Å²) in [5.41, 5.74) is 2.60. The molecule has 0 aliphatic rings. The van der Waals surface area contributed by atoms with Crippen LogP contribution in [0.1, 0.15) is 16.1 Å². The van der Waals surface area contributed by atoms with E-state index < -0.39 is 0 Å². The Morgan fingerprint density at radius 3 is 3.00 bits per heavy atom. The lowest BCUT2D eigenvalue weighted by Crippen LogP contribution is -2.16. The molecule has 0 aliphatic carbocycles. The van der Waals surface area contributed by atoms with Crippen molar-refractivity contribution in [1.82, 2.24) is 14.6 Å². The van der Waals surface area contributed by atoms with Crippen molar-refractivity contribution in [1.29, 1.82) is 0 Å². The van der Waals surface area contributed by atoms with Crippen LogP contribution in [0.15, 0.2) is 42.7 Å². The minimum atomic E-state index is -0.231. The van der Waals surface area contributed by atoms with E-state index in [0.29, 0.717) is 22.6 Å². The van der Waals surface area contributed by atoms with Crippen LogP contribution in [0, 0.1) is 6.92 Å². The van der Waals surface area contributed by atoms with E-state index in [2.05, 4.69) is 15.4 Å². The van der Waals surface area contributed by atoms with Gasteiger partial charge in [0.2, 0.25) is 0 Å². The molecule has 0 radical (unpaired) electrons. The molecule has 0 fully saturated rings. The number of amides is 1. The number of benzene rings is 1. The van der Waals surface area contributed by atoms with Gasteiger partial charge in [0.25, 0.3) is 5.91 Å². The van der Waals surface area contributed by atoms with E-state index in [-0.39, 0.29) is 5.91 Å². The molecule has 0 bridgehead atoms. The third-order valence-electron chi connectivity index (χ3n) is 3.23. The Balaban J connectivity index is 1.91. The summed E-state index contributed by atoms with van der Waals surface area (Å²) >= 11 is 0. The van der Waals surface area contributed by atoms with Crippen molar-refractivity contribution in [3.05, 3.63) is 54.0 Å². The van der Waals surface area contributed by atoms with Gasteiger partial charge in [0, 0.05) is 24.0 Å². The van der Waals surface area contributed by atoms with Crippen LogP contribution >= 0.6 is 0 Å². The second kappa shape index (κ2) is 5.24. The Morgan fingerprint density at radius 1 is 1.33 bits per heavy atom. The molecule has 0 unspecified atom stereocenters. The predicted molar refractivity (Wildman–Crippen MR) is 78.7 cm³/mol. The molecule has 1 amide bonds. The van der Waals surface area contributed by atoms with Crippen LogP contribution in [0.5, 0.6) is 5.75 Å². The van der Waals surface area contributed by atoms with Crippen molar-refractivity contribution in [2.45, 2.75) is 6.92 Å². The van der Waals surface area contributed by atoms with Crippen LogP contribution in [-0.4, -0.2) is 27.6 Å². The van der Waals surface area contributed by atoms with Gasteiger partial charge in [-0.15, -0.1) is 0 Å². The van der Waals surface area contributed by atoms with Crippen molar-refractivity contribution in [2.24, 2.45) is 0 Å². The van der Waals surface area contributed by atoms with Crippen molar-refractivity contribution in [3.63, 3.8) is 0 Å². The fourth-order valence-corrected chi connectivity index (χ4v) is 2.11. The summed E-state index contributed by atoms with van der Waals surface area (Å²) in [4.78, 5) is 16.6. The zero-order valence-corrected chi connectivity index (χ0v) is 11.7. The maximum atomic E-state index is 12.4. The van der Waals surface area contributed by atoms with E-state index in [1.807, 2.05) is 19.1 Å². The van der Waals surface area contributed by atoms with E-state index in [9.17, 15) is 4.79 Å². The second-order valence-corrected chi connectivity index (χ2v) is 4.54. The Hall–Kier alpha value is -2.89. The molecular formula is C15H14N4O2. The zero-order valence-electron chi connectivity index (χ0n) is 11.7. The average Bonchev–Trinajstić information content (AvgIpc) is 2.97. The lowest BCUT2D eigenvalue weighted by molar-refractivity contribution is 0.102. The van der Waals surface area contributed by atoms with Crippen molar-refractivity contribution >= 4 is 17.2 Å². The topological polar surface area (TPSA) is 68.5 Å². The number of aromatic nitrogens is 3. The van der Waals surface area contributed by atoms with E-state index in [1.165, 1.54) is 0 Å². The Kier molecular flexibility index (Phi) is 3.27. The van der Waals surface area contributed by atoms with Gasteiger partial charge in [-0.1, -0.05) is 6.07 Å². The summed E-state index contributed by atoms with van der Waals surface area (Å²) in [6, 6.07) is 8.98. The molecule has 2 aromatic heterocycles. The lowest BCUT2D eigenvalue weighted by Gasteiger charge is -2.09. The number of nitrogens with one attached hydrogen (secondary N) is 1. The Morgan fingerprint density at radius 2 is 2.19 bits per heavy atom. The number of nitrogens with zero attached hydrogens (tertiary/aromatic N) is 3. The molecule has 2 heterocycles. The zero-order chi connectivity index (χ0) is 14.8. The van der Waals surface area contributed by atoms with E-state index in [1.54, 1.807) is 42.2 Å². The molecule has 106 valence electrons. The van der Waals surface area contributed by atoms with Gasteiger partial charge in [-0.3, -0.25) is 4.79 Å². The monoisotopic (exact) mass is 282 g/mol. The van der Waals surface area contributed by atoms with Crippen molar-refractivity contribution in [2.75, 3.05) is 12.4 Å². The van der Waals surface area contributed by atoms with Gasteiger partial charge in [0.05, 0.1) is 24.6 Å². The summed E-state index contributed by atoms with van der Waals surface area (Å²) in [6.45, 7) is 1.84. The molecule has 6 nitrogen and oxygen atoms in total. The predicted octanol–water partition coefficient (Wildman–Crippen LogP) is 2.30. The molecule has 3 rings (SSSR count). The number of carbonyl (C=O) groups excluding carboxylic acids is 1. The number of hydrogen-bond donors (Lipinski definition) is 1. The number of fused-ring (bicyclic) bond motifs is 1. The van der Waals surface area contributed by atoms with Crippen LogP contribution in [0.25, 0.3) is 5.65 Å². The first kappa shape index (κ1) is 13.1. The van der Waals surface area contributed by atoms with Crippen LogP contribution in [-0.2, 0) is 0 Å². The summed E-state index contributed by atoms with van der Waals surface area (Å²) in [6.07, 6.45) is 3.21. The number of anilines is 1. The number of ether oxygens (including phenoxy) is 1. The number of hydrogen-bond acceptors (Lipinski definition) is 4. The summed E-state index contributed by atoms with van der Waals surface area (Å²) in [5.74, 6) is 0.454. The fourth-order valence-electron chi connectivity index (χ4n) is 2.11. The highest BCUT2D eigenvalue weighted by Gasteiger charge is 2.13. The molecule has 0 saturated carbocycles. The van der Waals surface area contributed by atoms with Gasteiger partial charge in [0.15, 0.2) is 5.65 Å². The average molecular weight is 282 g/mol. The first-order valence-corrected chi connectivity index (χ1v) is 6.44. The summed E-state index contributed by atoms with van der Waals surface area (Å²) in [7, 11) is 1.58. The minimum Gasteiger partial charge on any atom is -0.497 e. The molecule has 0 saturated heterocycles. The highest BCUT2D eigenvalue weighted by molar-refractivity contribution is 6.05. The van der Waals surface area contributed by atoms with Gasteiger partial charge in [-0.25, -0.2) is 9.50 Å². The van der Waals surface area contributed by atoms with Gasteiger partial charge in [-0.2, -0.15) is 5.10 Å². The molecule has 1 aromatic carbocycles. The standard InChI is InChI=1S/C15H14N4O2/c1-10-13(9-16-14-6-7-17-19(10)14)15(20)18-11-4-3-5-12(8-11)21-2/h3-9H,1-2H3,(H,18,20). The molecule has 0 atom stereocenters. The number of rotatable bonds is 3. The first-order chi connectivity index (χ1) is 10.2. The molecular weight excluding hydrogens is 268 g/mol. The molecule has 6 heteroatoms. The molecule has 21 heavy (non-hydrogen) atoms. The van der Waals surface area contributed by atoms with Crippen LogP contribution in [0.2, 0.25) is 0 Å². The van der Waals surface area contributed by atoms with E-state index >= 15 is 0 Å². The summed E-state index contributed by atoms with van der Waals surface area (Å²) < 4.78 is 6.77. The van der Waals surface area contributed by atoms with Gasteiger partial charge >= 0.3 is 0 Å². The SMILES string of the molecule is COc1cccc(NC(=O)c2cnc3ccnn3c2C)c1. The second-order valence-electron chi connectivity index (χ2n) is 4.54. The minimum absolute atomic E-state index is 0.231. The van der Waals surface area contributed by atoms with Crippen LogP contribution in [0.3, 0.4) is 0 Å². The van der Waals surface area contributed by atoms with Crippen molar-refractivity contribution in [3.8, 4) is 5.75 Å². The number of carbonyl (C=O) groups is 1. The third kappa shape index (κ3) is 2.43. The highest BCUT2D eigenvalue weighted by Crippen LogP contribution is 2.18. The number of methoxy groups -OCH3 is 1. The number of aryl methyl sites for hydroxylation is 1. The van der Waals surface area contributed by atoms with Gasteiger partial charge in [0.1, 0.15) is 5.75 Å². The van der Waals surface area contributed by atoms with Gasteiger partial charge < -0.3 is 10.1 Å². The maximum absolute atomic E-state index is 12.4. The molecule has 0 spiro atoms. The lowest BCUT2D eigenvalue weighted by atomic mass is 10.2. The third-order valence-corrected chi connectivity index (χ3v) is 3.23. The smallest absolute Gasteiger partial charge is 0.259 e. The first-order valence-electron chi connectivity index (χ1n) is 6.44. The van der Waals surface area contributed by atoms with Crippen LogP contribution < -0.4 is 10.1 Å². The summed E-state index contributed by atoms with van der Waals surface area (Å²) in [5, 5.41) is 6.98. The highest BCUT2D eigenvalue weighted by atomic mass is 16.5. The Bertz CT molecular complexity index is 810. The molecule has 1 N–H and O–H groups in total. The van der Waals surface area contributed by atoms with E-state index in [4.69, 9.17) is 4.74 Å². The fraction of sp³-hybridized carbons (Fsp3) is 0.133. The Labute approximate surface area is 121 Å². The maximum Gasteiger partial charge on any atom is 0.259 e. The normalized spacial score (nSPS) is 10.6. The molecule has 3 aromatic rings. The van der Waals surface area contributed by atoms with Crippen LogP contribution in [0.4, 0.5) is 5.69 Å². The van der Waals surface area contributed by atoms with E-state index in [0.717, 1.165) is 5.69 Å². The van der Waals surface area contributed by atoms with Gasteiger partial charge in [-0.05, 0) is 19.1 Å². The quantitative estimate of drug-likeness (QED) is 0.800. The van der Waals surface area contributed by atoms with Crippen molar-refractivity contribution < 1.29 is 9.53 Å². The largest absolute Gasteiger partial charge is 0.497 e. The molecule has 0 aliphatic heterocycles.